The van der Waals surface area contributed by atoms with Gasteiger partial charge in [-0.15, -0.1) is 0 Å². The van der Waals surface area contributed by atoms with E-state index in [4.69, 9.17) is 5.73 Å². The zero-order chi connectivity index (χ0) is 19.7. The van der Waals surface area contributed by atoms with Crippen LogP contribution in [0.4, 0.5) is 17.1 Å². The maximum atomic E-state index is 12.6. The Morgan fingerprint density at radius 3 is 2.82 bits per heavy atom. The molecule has 2 aliphatic rings. The molecule has 1 aliphatic heterocycles. The maximum absolute atomic E-state index is 12.6. The molecule has 1 aromatic heterocycles. The number of nitrogens with one attached hydrogen (secondary N) is 3. The van der Waals surface area contributed by atoms with Crippen LogP contribution in [0.25, 0.3) is 0 Å². The summed E-state index contributed by atoms with van der Waals surface area (Å²) in [6.45, 7) is 4.84. The van der Waals surface area contributed by atoms with Crippen LogP contribution in [0.1, 0.15) is 61.5 Å². The fourth-order valence-electron chi connectivity index (χ4n) is 4.14. The summed E-state index contributed by atoms with van der Waals surface area (Å²) in [7, 11) is 0. The minimum atomic E-state index is -0.0269. The van der Waals surface area contributed by atoms with E-state index in [0.29, 0.717) is 6.54 Å². The molecule has 5 N–H and O–H groups in total. The molecule has 7 nitrogen and oxygen atoms in total. The van der Waals surface area contributed by atoms with Crippen LogP contribution in [0.3, 0.4) is 0 Å². The smallest absolute Gasteiger partial charge is 0.253 e. The molecule has 0 saturated heterocycles. The van der Waals surface area contributed by atoms with Crippen LogP contribution < -0.4 is 21.7 Å². The van der Waals surface area contributed by atoms with Crippen molar-refractivity contribution in [2.24, 2.45) is 5.73 Å². The van der Waals surface area contributed by atoms with E-state index in [9.17, 15) is 4.79 Å². The summed E-state index contributed by atoms with van der Waals surface area (Å²) in [6, 6.07) is 4.87. The van der Waals surface area contributed by atoms with Crippen LogP contribution >= 0.6 is 0 Å². The number of carbonyl (C=O) groups is 1. The molecule has 1 amide bonds. The normalized spacial score (nSPS) is 21.9. The predicted molar refractivity (Wildman–Crippen MR) is 112 cm³/mol. The summed E-state index contributed by atoms with van der Waals surface area (Å²) in [5.74, 6) is -0.0269. The van der Waals surface area contributed by atoms with Crippen molar-refractivity contribution in [2.45, 2.75) is 64.1 Å². The van der Waals surface area contributed by atoms with Crippen molar-refractivity contribution >= 4 is 23.0 Å². The van der Waals surface area contributed by atoms with E-state index in [2.05, 4.69) is 41.0 Å². The molecule has 1 aliphatic carbocycles. The van der Waals surface area contributed by atoms with Crippen molar-refractivity contribution in [1.29, 1.82) is 0 Å². The summed E-state index contributed by atoms with van der Waals surface area (Å²) in [6.07, 6.45) is 9.15. The Labute approximate surface area is 166 Å². The third-order valence-electron chi connectivity index (χ3n) is 5.71. The first-order valence-electron chi connectivity index (χ1n) is 10.3. The van der Waals surface area contributed by atoms with Crippen molar-refractivity contribution in [3.63, 3.8) is 0 Å². The average molecular weight is 383 g/mol. The van der Waals surface area contributed by atoms with Crippen molar-refractivity contribution in [3.8, 4) is 0 Å². The van der Waals surface area contributed by atoms with Gasteiger partial charge in [0.25, 0.3) is 5.91 Å². The van der Waals surface area contributed by atoms with Gasteiger partial charge >= 0.3 is 0 Å². The minimum Gasteiger partial charge on any atom is -0.381 e. The Morgan fingerprint density at radius 2 is 2.07 bits per heavy atom. The number of anilines is 3. The number of rotatable bonds is 5. The fourth-order valence-corrected chi connectivity index (χ4v) is 4.14. The Bertz CT molecular complexity index is 859. The Balaban J connectivity index is 1.65. The van der Waals surface area contributed by atoms with Crippen molar-refractivity contribution in [3.05, 3.63) is 35.7 Å². The first kappa shape index (κ1) is 18.8. The highest BCUT2D eigenvalue weighted by Crippen LogP contribution is 2.32. The summed E-state index contributed by atoms with van der Waals surface area (Å²) in [5, 5.41) is 14.4. The largest absolute Gasteiger partial charge is 0.381 e. The fraction of sp³-hybridized carbons (Fsp3) is 0.524. The zero-order valence-electron chi connectivity index (χ0n) is 16.7. The molecule has 28 heavy (non-hydrogen) atoms. The SMILES string of the molecule is CC(C)n1cc(Nc2cc(NC3CCCCC3N)cc3c2C(=O)NCC3)cn1. The highest BCUT2D eigenvalue weighted by atomic mass is 16.1. The van der Waals surface area contributed by atoms with Crippen LogP contribution in [0.5, 0.6) is 0 Å². The van der Waals surface area contributed by atoms with Crippen molar-refractivity contribution in [2.75, 3.05) is 17.2 Å². The monoisotopic (exact) mass is 382 g/mol. The summed E-state index contributed by atoms with van der Waals surface area (Å²) in [5.41, 5.74) is 10.8. The number of benzene rings is 1. The van der Waals surface area contributed by atoms with Gasteiger partial charge in [-0.05, 0) is 50.8 Å². The zero-order valence-corrected chi connectivity index (χ0v) is 16.7. The van der Waals surface area contributed by atoms with Gasteiger partial charge in [0.2, 0.25) is 0 Å². The van der Waals surface area contributed by atoms with Gasteiger partial charge in [-0.3, -0.25) is 9.48 Å². The third kappa shape index (κ3) is 3.85. The molecule has 4 rings (SSSR count). The predicted octanol–water partition coefficient (Wildman–Crippen LogP) is 3.18. The van der Waals surface area contributed by atoms with Gasteiger partial charge in [-0.25, -0.2) is 0 Å². The second-order valence-corrected chi connectivity index (χ2v) is 8.19. The molecule has 0 radical (unpaired) electrons. The van der Waals surface area contributed by atoms with Gasteiger partial charge in [0, 0.05) is 36.6 Å². The standard InChI is InChI=1S/C21H30N6O/c1-13(2)27-12-16(11-24-27)26-19-10-15(25-18-6-4-3-5-17(18)22)9-14-7-8-23-21(28)20(14)19/h9-13,17-18,25-26H,3-8,22H2,1-2H3,(H,23,28). The van der Waals surface area contributed by atoms with E-state index in [1.807, 2.05) is 16.9 Å². The lowest BCUT2D eigenvalue weighted by molar-refractivity contribution is 0.0947. The number of hydrogen-bond donors (Lipinski definition) is 4. The quantitative estimate of drug-likeness (QED) is 0.637. The molecule has 150 valence electrons. The number of nitrogens with two attached hydrogens (primary N) is 1. The lowest BCUT2D eigenvalue weighted by Crippen LogP contribution is -2.42. The second-order valence-electron chi connectivity index (χ2n) is 8.19. The van der Waals surface area contributed by atoms with Crippen LogP contribution in [0.2, 0.25) is 0 Å². The highest BCUT2D eigenvalue weighted by molar-refractivity contribution is 6.03. The van der Waals surface area contributed by atoms with E-state index in [1.165, 1.54) is 12.8 Å². The first-order valence-corrected chi connectivity index (χ1v) is 10.3. The van der Waals surface area contributed by atoms with Crippen LogP contribution in [0.15, 0.2) is 24.5 Å². The van der Waals surface area contributed by atoms with Crippen molar-refractivity contribution in [1.82, 2.24) is 15.1 Å². The number of carbonyl (C=O) groups excluding carboxylic acids is 1. The number of amides is 1. The topological polar surface area (TPSA) is 97.0 Å². The number of nitrogens with zero attached hydrogens (tertiary/aromatic N) is 2. The van der Waals surface area contributed by atoms with Gasteiger partial charge in [0.1, 0.15) is 0 Å². The molecule has 2 heterocycles. The van der Waals surface area contributed by atoms with Gasteiger partial charge in [-0.2, -0.15) is 5.10 Å². The van der Waals surface area contributed by atoms with Crippen LogP contribution in [-0.2, 0) is 6.42 Å². The van der Waals surface area contributed by atoms with Crippen LogP contribution in [-0.4, -0.2) is 34.3 Å². The van der Waals surface area contributed by atoms with Gasteiger partial charge in [-0.1, -0.05) is 12.8 Å². The summed E-state index contributed by atoms with van der Waals surface area (Å²) in [4.78, 5) is 12.6. The molecule has 2 aromatic rings. The van der Waals surface area contributed by atoms with Gasteiger partial charge in [0.15, 0.2) is 0 Å². The molecule has 0 bridgehead atoms. The minimum absolute atomic E-state index is 0.0269. The molecule has 7 heteroatoms. The first-order chi connectivity index (χ1) is 13.5. The van der Waals surface area contributed by atoms with Gasteiger partial charge in [0.05, 0.1) is 23.1 Å². The van der Waals surface area contributed by atoms with Gasteiger partial charge < -0.3 is 21.7 Å². The molecule has 1 aromatic carbocycles. The number of fused-ring (bicyclic) bond motifs is 1. The molecule has 1 fully saturated rings. The molecular weight excluding hydrogens is 352 g/mol. The van der Waals surface area contributed by atoms with E-state index in [0.717, 1.165) is 47.5 Å². The lowest BCUT2D eigenvalue weighted by Gasteiger charge is -2.31. The number of aromatic nitrogens is 2. The maximum Gasteiger partial charge on any atom is 0.253 e. The summed E-state index contributed by atoms with van der Waals surface area (Å²) < 4.78 is 1.90. The molecule has 2 atom stereocenters. The van der Waals surface area contributed by atoms with Crippen LogP contribution in [0, 0.1) is 0 Å². The van der Waals surface area contributed by atoms with E-state index in [1.54, 1.807) is 6.20 Å². The van der Waals surface area contributed by atoms with Crippen molar-refractivity contribution < 1.29 is 4.79 Å². The lowest BCUT2D eigenvalue weighted by atomic mass is 9.90. The van der Waals surface area contributed by atoms with E-state index in [-0.39, 0.29) is 24.0 Å². The third-order valence-corrected chi connectivity index (χ3v) is 5.71. The number of hydrogen-bond acceptors (Lipinski definition) is 5. The van der Waals surface area contributed by atoms with E-state index < -0.39 is 0 Å². The second kappa shape index (κ2) is 7.83. The molecule has 1 saturated carbocycles. The summed E-state index contributed by atoms with van der Waals surface area (Å²) >= 11 is 0. The molecule has 0 spiro atoms. The highest BCUT2D eigenvalue weighted by Gasteiger charge is 2.25. The van der Waals surface area contributed by atoms with E-state index >= 15 is 0 Å². The molecular formula is C21H30N6O. The molecule has 2 unspecified atom stereocenters. The average Bonchev–Trinajstić information content (AvgIpc) is 3.12. The Morgan fingerprint density at radius 1 is 1.25 bits per heavy atom. The Kier molecular flexibility index (Phi) is 5.26. The Hall–Kier alpha value is -2.54.